The van der Waals surface area contributed by atoms with Crippen LogP contribution in [0.1, 0.15) is 17.3 Å². The number of pyridine rings is 1. The van der Waals surface area contributed by atoms with Gasteiger partial charge in [-0.1, -0.05) is 36.4 Å². The Morgan fingerprint density at radius 2 is 1.85 bits per heavy atom. The van der Waals surface area contributed by atoms with Gasteiger partial charge in [0.25, 0.3) is 5.91 Å². The molecule has 1 amide bonds. The van der Waals surface area contributed by atoms with E-state index in [1.807, 2.05) is 60.8 Å². The number of hydrogen-bond acceptors (Lipinski definition) is 3. The lowest BCUT2D eigenvalue weighted by molar-refractivity contribution is 0.102. The molecule has 0 aliphatic heterocycles. The molecule has 0 saturated heterocycles. The van der Waals surface area contributed by atoms with Gasteiger partial charge in [0.15, 0.2) is 5.75 Å². The maximum Gasteiger partial charge on any atom is 0.257 e. The van der Waals surface area contributed by atoms with E-state index < -0.39 is 0 Å². The highest BCUT2D eigenvalue weighted by Crippen LogP contribution is 2.29. The number of carbonyl (C=O) groups is 1. The standard InChI is InChI=1S/C22H19N3O2/c1-2-25-15-18(17-10-6-7-11-20(17)25)22(26)24-19-14-23-13-12-21(19)27-16-8-4-3-5-9-16/h3-15H,2H2,1H3,(H,24,26). The Balaban J connectivity index is 1.65. The zero-order chi connectivity index (χ0) is 18.6. The summed E-state index contributed by atoms with van der Waals surface area (Å²) < 4.78 is 7.96. The van der Waals surface area contributed by atoms with E-state index in [1.54, 1.807) is 18.5 Å². The predicted octanol–water partition coefficient (Wildman–Crippen LogP) is 5.10. The number of nitrogens with one attached hydrogen (secondary N) is 1. The molecule has 5 nitrogen and oxygen atoms in total. The number of hydrogen-bond donors (Lipinski definition) is 1. The Labute approximate surface area is 157 Å². The van der Waals surface area contributed by atoms with Gasteiger partial charge in [0, 0.05) is 35.9 Å². The zero-order valence-electron chi connectivity index (χ0n) is 14.9. The van der Waals surface area contributed by atoms with Crippen molar-refractivity contribution in [3.05, 3.63) is 84.8 Å². The second-order valence-corrected chi connectivity index (χ2v) is 6.09. The summed E-state index contributed by atoms with van der Waals surface area (Å²) >= 11 is 0. The van der Waals surface area contributed by atoms with Crippen LogP contribution < -0.4 is 10.1 Å². The van der Waals surface area contributed by atoms with Crippen molar-refractivity contribution in [2.24, 2.45) is 0 Å². The van der Waals surface area contributed by atoms with Crippen molar-refractivity contribution in [2.75, 3.05) is 5.32 Å². The van der Waals surface area contributed by atoms with Crippen LogP contribution in [0.3, 0.4) is 0 Å². The molecule has 0 aliphatic rings. The largest absolute Gasteiger partial charge is 0.455 e. The van der Waals surface area contributed by atoms with Gasteiger partial charge >= 0.3 is 0 Å². The Morgan fingerprint density at radius 1 is 1.07 bits per heavy atom. The molecule has 0 spiro atoms. The van der Waals surface area contributed by atoms with Crippen LogP contribution in [-0.2, 0) is 6.54 Å². The molecule has 2 aromatic carbocycles. The Hall–Kier alpha value is -3.60. The molecule has 0 fully saturated rings. The Kier molecular flexibility index (Phi) is 4.58. The fourth-order valence-electron chi connectivity index (χ4n) is 3.06. The summed E-state index contributed by atoms with van der Waals surface area (Å²) in [5, 5.41) is 3.86. The first kappa shape index (κ1) is 16.8. The van der Waals surface area contributed by atoms with Gasteiger partial charge in [0.05, 0.1) is 11.8 Å². The number of aryl methyl sites for hydroxylation is 1. The number of carbonyl (C=O) groups excluding carboxylic acids is 1. The van der Waals surface area contributed by atoms with E-state index in [1.165, 1.54) is 0 Å². The van der Waals surface area contributed by atoms with Crippen LogP contribution in [0.15, 0.2) is 79.3 Å². The molecule has 4 aromatic rings. The van der Waals surface area contributed by atoms with Crippen molar-refractivity contribution in [3.63, 3.8) is 0 Å². The average Bonchev–Trinajstić information content (AvgIpc) is 3.09. The highest BCUT2D eigenvalue weighted by molar-refractivity contribution is 6.13. The van der Waals surface area contributed by atoms with E-state index in [-0.39, 0.29) is 5.91 Å². The lowest BCUT2D eigenvalue weighted by atomic mass is 10.1. The molecule has 0 aliphatic carbocycles. The minimum absolute atomic E-state index is 0.190. The number of rotatable bonds is 5. The van der Waals surface area contributed by atoms with E-state index >= 15 is 0 Å². The Morgan fingerprint density at radius 3 is 2.67 bits per heavy atom. The molecule has 0 saturated carbocycles. The highest BCUT2D eigenvalue weighted by atomic mass is 16.5. The summed E-state index contributed by atoms with van der Waals surface area (Å²) in [5.74, 6) is 1.05. The maximum atomic E-state index is 13.0. The van der Waals surface area contributed by atoms with Crippen LogP contribution in [0.25, 0.3) is 10.9 Å². The van der Waals surface area contributed by atoms with Crippen LogP contribution in [0.5, 0.6) is 11.5 Å². The number of benzene rings is 2. The molecular formula is C22H19N3O2. The zero-order valence-corrected chi connectivity index (χ0v) is 14.9. The SMILES string of the molecule is CCn1cc(C(=O)Nc2cnccc2Oc2ccccc2)c2ccccc21. The third-order valence-electron chi connectivity index (χ3n) is 4.37. The van der Waals surface area contributed by atoms with Crippen LogP contribution >= 0.6 is 0 Å². The van der Waals surface area contributed by atoms with Crippen molar-refractivity contribution in [3.8, 4) is 11.5 Å². The van der Waals surface area contributed by atoms with E-state index in [0.29, 0.717) is 22.7 Å². The summed E-state index contributed by atoms with van der Waals surface area (Å²) in [7, 11) is 0. The minimum atomic E-state index is -0.190. The molecule has 0 atom stereocenters. The molecule has 134 valence electrons. The minimum Gasteiger partial charge on any atom is -0.455 e. The summed E-state index contributed by atoms with van der Waals surface area (Å²) in [6, 6.07) is 19.1. The third kappa shape index (κ3) is 3.40. The lowest BCUT2D eigenvalue weighted by Gasteiger charge is -2.11. The predicted molar refractivity (Wildman–Crippen MR) is 106 cm³/mol. The first-order valence-corrected chi connectivity index (χ1v) is 8.82. The monoisotopic (exact) mass is 357 g/mol. The van der Waals surface area contributed by atoms with E-state index in [0.717, 1.165) is 17.4 Å². The molecule has 0 unspecified atom stereocenters. The molecule has 27 heavy (non-hydrogen) atoms. The van der Waals surface area contributed by atoms with Crippen LogP contribution in [0.4, 0.5) is 5.69 Å². The first-order chi connectivity index (χ1) is 13.3. The van der Waals surface area contributed by atoms with Crippen molar-refractivity contribution in [1.82, 2.24) is 9.55 Å². The quantitative estimate of drug-likeness (QED) is 0.540. The second kappa shape index (κ2) is 7.33. The third-order valence-corrected chi connectivity index (χ3v) is 4.37. The lowest BCUT2D eigenvalue weighted by Crippen LogP contribution is -2.12. The average molecular weight is 357 g/mol. The van der Waals surface area contributed by atoms with Crippen molar-refractivity contribution >= 4 is 22.5 Å². The van der Waals surface area contributed by atoms with Crippen LogP contribution in [-0.4, -0.2) is 15.5 Å². The summed E-state index contributed by atoms with van der Waals surface area (Å²) in [6.45, 7) is 2.85. The summed E-state index contributed by atoms with van der Waals surface area (Å²) in [5.41, 5.74) is 2.19. The van der Waals surface area contributed by atoms with Gasteiger partial charge in [0.1, 0.15) is 11.4 Å². The molecule has 0 bridgehead atoms. The van der Waals surface area contributed by atoms with Gasteiger partial charge in [-0.15, -0.1) is 0 Å². The van der Waals surface area contributed by atoms with Crippen LogP contribution in [0, 0.1) is 0 Å². The maximum absolute atomic E-state index is 13.0. The van der Waals surface area contributed by atoms with Crippen LogP contribution in [0.2, 0.25) is 0 Å². The van der Waals surface area contributed by atoms with E-state index in [9.17, 15) is 4.79 Å². The number of amides is 1. The number of anilines is 1. The van der Waals surface area contributed by atoms with Crippen molar-refractivity contribution in [2.45, 2.75) is 13.5 Å². The van der Waals surface area contributed by atoms with Gasteiger partial charge in [-0.2, -0.15) is 0 Å². The second-order valence-electron chi connectivity index (χ2n) is 6.09. The Bertz CT molecular complexity index is 1090. The molecule has 2 heterocycles. The summed E-state index contributed by atoms with van der Waals surface area (Å²) in [4.78, 5) is 17.1. The number of para-hydroxylation sites is 2. The first-order valence-electron chi connectivity index (χ1n) is 8.82. The fourth-order valence-corrected chi connectivity index (χ4v) is 3.06. The van der Waals surface area contributed by atoms with Crippen molar-refractivity contribution in [1.29, 1.82) is 0 Å². The summed E-state index contributed by atoms with van der Waals surface area (Å²) in [6.07, 6.45) is 5.11. The van der Waals surface area contributed by atoms with Gasteiger partial charge in [-0.05, 0) is 25.1 Å². The van der Waals surface area contributed by atoms with Gasteiger partial charge < -0.3 is 14.6 Å². The molecule has 0 radical (unpaired) electrons. The van der Waals surface area contributed by atoms with Gasteiger partial charge in [0.2, 0.25) is 0 Å². The topological polar surface area (TPSA) is 56.2 Å². The van der Waals surface area contributed by atoms with E-state index in [2.05, 4.69) is 21.8 Å². The number of ether oxygens (including phenoxy) is 1. The van der Waals surface area contributed by atoms with E-state index in [4.69, 9.17) is 4.74 Å². The molecule has 1 N–H and O–H groups in total. The van der Waals surface area contributed by atoms with Crippen molar-refractivity contribution < 1.29 is 9.53 Å². The molecule has 2 aromatic heterocycles. The number of aromatic nitrogens is 2. The molecular weight excluding hydrogens is 338 g/mol. The number of nitrogens with zero attached hydrogens (tertiary/aromatic N) is 2. The fraction of sp³-hybridized carbons (Fsp3) is 0.0909. The van der Waals surface area contributed by atoms with Gasteiger partial charge in [-0.25, -0.2) is 0 Å². The highest BCUT2D eigenvalue weighted by Gasteiger charge is 2.16. The normalized spacial score (nSPS) is 10.7. The molecule has 4 rings (SSSR count). The smallest absolute Gasteiger partial charge is 0.257 e. The molecule has 5 heteroatoms. The number of fused-ring (bicyclic) bond motifs is 1. The van der Waals surface area contributed by atoms with Gasteiger partial charge in [-0.3, -0.25) is 9.78 Å².